The number of halogens is 3. The summed E-state index contributed by atoms with van der Waals surface area (Å²) in [5.74, 6) is 0.0937. The minimum absolute atomic E-state index is 0.104. The molecule has 0 fully saturated rings. The van der Waals surface area contributed by atoms with Crippen molar-refractivity contribution in [3.63, 3.8) is 0 Å². The highest BCUT2D eigenvalue weighted by Crippen LogP contribution is 2.28. The highest BCUT2D eigenvalue weighted by molar-refractivity contribution is 6.02. The van der Waals surface area contributed by atoms with Crippen molar-refractivity contribution in [1.82, 2.24) is 19.6 Å². The highest BCUT2D eigenvalue weighted by Gasteiger charge is 2.31. The fourth-order valence-corrected chi connectivity index (χ4v) is 3.16. The van der Waals surface area contributed by atoms with E-state index in [-0.39, 0.29) is 23.8 Å². The van der Waals surface area contributed by atoms with Crippen molar-refractivity contribution in [2.24, 2.45) is 10.7 Å². The van der Waals surface area contributed by atoms with Crippen LogP contribution in [-0.2, 0) is 12.7 Å². The predicted molar refractivity (Wildman–Crippen MR) is 121 cm³/mol. The molecular formula is C22H19F3N8O. The molecule has 34 heavy (non-hydrogen) atoms. The van der Waals surface area contributed by atoms with Gasteiger partial charge in [-0.05, 0) is 42.5 Å². The molecule has 0 aliphatic rings. The lowest BCUT2D eigenvalue weighted by Gasteiger charge is -2.24. The second kappa shape index (κ2) is 9.17. The zero-order valence-corrected chi connectivity index (χ0v) is 17.9. The summed E-state index contributed by atoms with van der Waals surface area (Å²) >= 11 is 0. The summed E-state index contributed by atoms with van der Waals surface area (Å²) in [4.78, 5) is 29.7. The number of carbonyl (C=O) groups is 1. The number of pyridine rings is 3. The summed E-state index contributed by atoms with van der Waals surface area (Å²) in [7, 11) is 1.52. The minimum Gasteiger partial charge on any atom is -0.370 e. The number of nitrogens with zero attached hydrogens (tertiary/aromatic N) is 6. The van der Waals surface area contributed by atoms with Crippen molar-refractivity contribution in [2.75, 3.05) is 17.4 Å². The van der Waals surface area contributed by atoms with Gasteiger partial charge in [-0.15, -0.1) is 0 Å². The molecule has 1 amide bonds. The minimum atomic E-state index is -4.51. The molecule has 0 atom stereocenters. The van der Waals surface area contributed by atoms with Crippen LogP contribution < -0.4 is 16.1 Å². The van der Waals surface area contributed by atoms with Gasteiger partial charge >= 0.3 is 6.18 Å². The van der Waals surface area contributed by atoms with Crippen LogP contribution in [0.2, 0.25) is 0 Å². The molecule has 0 unspecified atom stereocenters. The molecule has 4 rings (SSSR count). The lowest BCUT2D eigenvalue weighted by Crippen LogP contribution is -2.40. The molecule has 4 aromatic heterocycles. The maximum absolute atomic E-state index is 13.5. The van der Waals surface area contributed by atoms with Crippen LogP contribution >= 0.6 is 0 Å². The Bertz CT molecular complexity index is 1330. The third-order valence-corrected chi connectivity index (χ3v) is 4.90. The van der Waals surface area contributed by atoms with Crippen LogP contribution in [0, 0.1) is 0 Å². The van der Waals surface area contributed by atoms with Crippen LogP contribution in [0.4, 0.5) is 19.0 Å². The van der Waals surface area contributed by atoms with Crippen LogP contribution in [0.15, 0.2) is 72.2 Å². The van der Waals surface area contributed by atoms with E-state index >= 15 is 0 Å². The van der Waals surface area contributed by atoms with E-state index in [1.165, 1.54) is 29.0 Å². The normalized spacial score (nSPS) is 12.1. The Morgan fingerprint density at radius 1 is 1.12 bits per heavy atom. The molecule has 12 heteroatoms. The van der Waals surface area contributed by atoms with Gasteiger partial charge in [0, 0.05) is 37.2 Å². The van der Waals surface area contributed by atoms with Crippen molar-refractivity contribution >= 4 is 28.7 Å². The van der Waals surface area contributed by atoms with E-state index in [0.717, 1.165) is 17.6 Å². The van der Waals surface area contributed by atoms with Gasteiger partial charge in [0.2, 0.25) is 0 Å². The largest absolute Gasteiger partial charge is 0.417 e. The van der Waals surface area contributed by atoms with Crippen molar-refractivity contribution < 1.29 is 18.0 Å². The SMILES string of the molecule is CN=C(N)Nc1ccc(C(=O)N(Cc2ccc(C(F)(F)F)cn2)n2ccc3cccnc32)cn1. The summed E-state index contributed by atoms with van der Waals surface area (Å²) in [5, 5.41) is 4.89. The Hall–Kier alpha value is -4.48. The highest BCUT2D eigenvalue weighted by atomic mass is 19.4. The van der Waals surface area contributed by atoms with E-state index < -0.39 is 17.6 Å². The van der Waals surface area contributed by atoms with Gasteiger partial charge in [-0.1, -0.05) is 0 Å². The van der Waals surface area contributed by atoms with E-state index in [9.17, 15) is 18.0 Å². The quantitative estimate of drug-likeness (QED) is 0.344. The fourth-order valence-electron chi connectivity index (χ4n) is 3.16. The second-order valence-corrected chi connectivity index (χ2v) is 7.14. The van der Waals surface area contributed by atoms with Gasteiger partial charge in [-0.3, -0.25) is 14.8 Å². The van der Waals surface area contributed by atoms with E-state index in [2.05, 4.69) is 25.3 Å². The first-order valence-corrected chi connectivity index (χ1v) is 9.98. The molecule has 0 saturated heterocycles. The average Bonchev–Trinajstić information content (AvgIpc) is 3.26. The summed E-state index contributed by atoms with van der Waals surface area (Å²) in [6.07, 6.45) is 0.835. The first-order chi connectivity index (χ1) is 16.3. The molecule has 0 aliphatic carbocycles. The number of alkyl halides is 3. The predicted octanol–water partition coefficient (Wildman–Crippen LogP) is 3.18. The zero-order chi connectivity index (χ0) is 24.3. The number of rotatable bonds is 5. The smallest absolute Gasteiger partial charge is 0.370 e. The number of fused-ring (bicyclic) bond motifs is 1. The molecule has 9 nitrogen and oxygen atoms in total. The van der Waals surface area contributed by atoms with Gasteiger partial charge in [-0.25, -0.2) is 19.7 Å². The Kier molecular flexibility index (Phi) is 6.13. The number of amides is 1. The second-order valence-electron chi connectivity index (χ2n) is 7.14. The molecule has 4 aromatic rings. The number of guanidine groups is 1. The fraction of sp³-hybridized carbons (Fsp3) is 0.136. The summed E-state index contributed by atoms with van der Waals surface area (Å²) in [6, 6.07) is 10.6. The first kappa shape index (κ1) is 22.7. The van der Waals surface area contributed by atoms with Crippen molar-refractivity contribution in [3.8, 4) is 0 Å². The number of anilines is 1. The number of nitrogens with one attached hydrogen (secondary N) is 1. The molecule has 4 heterocycles. The van der Waals surface area contributed by atoms with Crippen LogP contribution in [-0.4, -0.2) is 38.5 Å². The molecule has 0 radical (unpaired) electrons. The molecule has 3 N–H and O–H groups in total. The lowest BCUT2D eigenvalue weighted by atomic mass is 10.2. The van der Waals surface area contributed by atoms with Gasteiger partial charge in [0.05, 0.1) is 23.4 Å². The van der Waals surface area contributed by atoms with E-state index in [1.807, 2.05) is 6.07 Å². The molecule has 0 bridgehead atoms. The number of hydrogen-bond acceptors (Lipinski definition) is 5. The van der Waals surface area contributed by atoms with Gasteiger partial charge in [0.25, 0.3) is 5.91 Å². The van der Waals surface area contributed by atoms with Crippen LogP contribution in [0.5, 0.6) is 0 Å². The van der Waals surface area contributed by atoms with Gasteiger partial charge in [0.15, 0.2) is 11.6 Å². The number of aromatic nitrogens is 4. The van der Waals surface area contributed by atoms with E-state index in [0.29, 0.717) is 11.5 Å². The maximum atomic E-state index is 13.5. The average molecular weight is 468 g/mol. The van der Waals surface area contributed by atoms with Crippen LogP contribution in [0.3, 0.4) is 0 Å². The van der Waals surface area contributed by atoms with Crippen LogP contribution in [0.25, 0.3) is 11.0 Å². The molecule has 0 aliphatic heterocycles. The monoisotopic (exact) mass is 468 g/mol. The Balaban J connectivity index is 1.68. The van der Waals surface area contributed by atoms with E-state index in [1.54, 1.807) is 36.7 Å². The molecule has 0 aromatic carbocycles. The first-order valence-electron chi connectivity index (χ1n) is 9.98. The van der Waals surface area contributed by atoms with Gasteiger partial charge < -0.3 is 11.1 Å². The van der Waals surface area contributed by atoms with Crippen LogP contribution in [0.1, 0.15) is 21.6 Å². The number of carbonyl (C=O) groups excluding carboxylic acids is 1. The lowest BCUT2D eigenvalue weighted by molar-refractivity contribution is -0.137. The Morgan fingerprint density at radius 2 is 1.94 bits per heavy atom. The molecule has 0 saturated carbocycles. The van der Waals surface area contributed by atoms with Gasteiger partial charge in [-0.2, -0.15) is 13.2 Å². The zero-order valence-electron chi connectivity index (χ0n) is 17.9. The van der Waals surface area contributed by atoms with Gasteiger partial charge in [0.1, 0.15) is 5.82 Å². The number of hydrogen-bond donors (Lipinski definition) is 2. The van der Waals surface area contributed by atoms with Crippen molar-refractivity contribution in [3.05, 3.63) is 84.1 Å². The van der Waals surface area contributed by atoms with Crippen molar-refractivity contribution in [2.45, 2.75) is 12.7 Å². The molecule has 0 spiro atoms. The third kappa shape index (κ3) is 4.80. The number of aliphatic imine (C=N–C) groups is 1. The standard InChI is InChI=1S/C22H19F3N8O/c1-27-21(26)31-18-7-4-15(11-30-18)20(34)33(32-10-8-14-3-2-9-28-19(14)32)13-17-6-5-16(12-29-17)22(23,24)25/h2-12H,13H2,1H3,(H3,26,27,30,31). The number of nitrogens with two attached hydrogens (primary N) is 1. The van der Waals surface area contributed by atoms with E-state index in [4.69, 9.17) is 5.73 Å². The Labute approximate surface area is 191 Å². The topological polar surface area (TPSA) is 114 Å². The van der Waals surface area contributed by atoms with Crippen molar-refractivity contribution in [1.29, 1.82) is 0 Å². The Morgan fingerprint density at radius 3 is 2.59 bits per heavy atom. The summed E-state index contributed by atoms with van der Waals surface area (Å²) in [6.45, 7) is -0.104. The summed E-state index contributed by atoms with van der Waals surface area (Å²) < 4.78 is 40.3. The maximum Gasteiger partial charge on any atom is 0.417 e. The molecular weight excluding hydrogens is 449 g/mol. The molecule has 174 valence electrons. The summed E-state index contributed by atoms with van der Waals surface area (Å²) in [5.41, 5.74) is 5.76. The third-order valence-electron chi connectivity index (χ3n) is 4.90.